The topological polar surface area (TPSA) is 119 Å². The molecule has 3 rings (SSSR count). The number of hydrogen-bond acceptors (Lipinski definition) is 7. The molecule has 208 valence electrons. The van der Waals surface area contributed by atoms with Crippen molar-refractivity contribution in [1.82, 2.24) is 9.97 Å². The van der Waals surface area contributed by atoms with Gasteiger partial charge in [0.05, 0.1) is 35.8 Å². The summed E-state index contributed by atoms with van der Waals surface area (Å²) in [6, 6.07) is 5.77. The Labute approximate surface area is 223 Å². The molecule has 1 saturated heterocycles. The van der Waals surface area contributed by atoms with Crippen molar-refractivity contribution in [3.63, 3.8) is 0 Å². The van der Waals surface area contributed by atoms with Crippen LogP contribution in [-0.4, -0.2) is 60.8 Å². The van der Waals surface area contributed by atoms with Gasteiger partial charge in [-0.05, 0) is 50.5 Å². The number of hydrogen-bond donors (Lipinski definition) is 1. The van der Waals surface area contributed by atoms with Gasteiger partial charge < -0.3 is 14.6 Å². The van der Waals surface area contributed by atoms with E-state index in [2.05, 4.69) is 9.97 Å². The normalized spacial score (nSPS) is 20.6. The number of halogens is 1. The van der Waals surface area contributed by atoms with Gasteiger partial charge in [0, 0.05) is 24.6 Å². The molecule has 3 atom stereocenters. The predicted molar refractivity (Wildman–Crippen MR) is 144 cm³/mol. The van der Waals surface area contributed by atoms with Crippen molar-refractivity contribution in [3.05, 3.63) is 47.4 Å². The summed E-state index contributed by atoms with van der Waals surface area (Å²) in [5.41, 5.74) is 2.25. The molecule has 1 aliphatic rings. The minimum atomic E-state index is -3.63. The molecule has 2 heterocycles. The molecule has 0 saturated carbocycles. The fourth-order valence-electron chi connectivity index (χ4n) is 4.44. The second-order valence-corrected chi connectivity index (χ2v) is 12.2. The predicted octanol–water partition coefficient (Wildman–Crippen LogP) is 4.84. The van der Waals surface area contributed by atoms with E-state index in [1.807, 2.05) is 32.9 Å². The lowest BCUT2D eigenvalue weighted by atomic mass is 9.92. The zero-order valence-electron chi connectivity index (χ0n) is 22.8. The highest BCUT2D eigenvalue weighted by Crippen LogP contribution is 2.35. The van der Waals surface area contributed by atoms with Crippen LogP contribution in [0.1, 0.15) is 64.6 Å². The zero-order valence-corrected chi connectivity index (χ0v) is 23.6. The quantitative estimate of drug-likeness (QED) is 0.472. The van der Waals surface area contributed by atoms with Crippen LogP contribution in [0.15, 0.2) is 30.3 Å². The van der Waals surface area contributed by atoms with Gasteiger partial charge in [0.1, 0.15) is 5.82 Å². The summed E-state index contributed by atoms with van der Waals surface area (Å²) < 4.78 is 51.3. The van der Waals surface area contributed by atoms with E-state index in [1.54, 1.807) is 26.0 Å². The smallest absolute Gasteiger partial charge is 0.309 e. The van der Waals surface area contributed by atoms with Crippen molar-refractivity contribution in [2.45, 2.75) is 71.4 Å². The van der Waals surface area contributed by atoms with Crippen LogP contribution in [0, 0.1) is 11.7 Å². The summed E-state index contributed by atoms with van der Waals surface area (Å²) >= 11 is 0. The first-order valence-corrected chi connectivity index (χ1v) is 14.4. The van der Waals surface area contributed by atoms with E-state index >= 15 is 0 Å². The van der Waals surface area contributed by atoms with E-state index in [9.17, 15) is 22.7 Å². The monoisotopic (exact) mass is 549 g/mol. The van der Waals surface area contributed by atoms with Crippen LogP contribution in [0.5, 0.6) is 0 Å². The van der Waals surface area contributed by atoms with Gasteiger partial charge in [-0.15, -0.1) is 0 Å². The van der Waals surface area contributed by atoms with Gasteiger partial charge >= 0.3 is 5.97 Å². The summed E-state index contributed by atoms with van der Waals surface area (Å²) in [7, 11) is -2.26. The number of sulfonamides is 1. The number of carbonyl (C=O) groups is 1. The molecule has 9 nitrogen and oxygen atoms in total. The maximum Gasteiger partial charge on any atom is 0.309 e. The molecular weight excluding hydrogens is 513 g/mol. The molecule has 0 spiro atoms. The summed E-state index contributed by atoms with van der Waals surface area (Å²) in [5, 5.41) is 9.67. The van der Waals surface area contributed by atoms with E-state index in [0.29, 0.717) is 35.4 Å². The Hall–Kier alpha value is -2.89. The van der Waals surface area contributed by atoms with E-state index in [-0.39, 0.29) is 11.9 Å². The Morgan fingerprint density at radius 2 is 1.87 bits per heavy atom. The van der Waals surface area contributed by atoms with Crippen molar-refractivity contribution in [2.24, 2.45) is 5.92 Å². The third-order valence-corrected chi connectivity index (χ3v) is 7.58. The third kappa shape index (κ3) is 6.95. The molecule has 1 aromatic heterocycles. The number of nitrogens with zero attached hydrogens (tertiary/aromatic N) is 3. The number of benzene rings is 1. The zero-order chi connectivity index (χ0) is 28.4. The first-order valence-electron chi connectivity index (χ1n) is 12.5. The molecular formula is C27H36FN3O6S. The standard InChI is InChI=1S/C27H36FN3O6S/c1-8-20(25(32)33)22-15-19(36-27(4,5)37-22)13-14-21-23(16(2)3)29-26(31(6)38(7,34)35)30-24(21)17-9-11-18(28)12-10-17/h9-14,16,19-20,22H,8,15H2,1-7H3,(H,32,33)/t19-,20?,22-/m1/s1. The maximum atomic E-state index is 13.7. The highest BCUT2D eigenvalue weighted by molar-refractivity contribution is 7.92. The third-order valence-electron chi connectivity index (χ3n) is 6.43. The van der Waals surface area contributed by atoms with E-state index in [1.165, 1.54) is 19.2 Å². The Bertz CT molecular complexity index is 1290. The minimum Gasteiger partial charge on any atom is -0.481 e. The number of carboxylic acids is 1. The van der Waals surface area contributed by atoms with Crippen LogP contribution in [0.25, 0.3) is 17.3 Å². The SMILES string of the molecule is CCC(C(=O)O)[C@H]1C[C@@H](C=Cc2c(-c3ccc(F)cc3)nc(N(C)S(C)(=O)=O)nc2C(C)C)OC(C)(C)O1. The summed E-state index contributed by atoms with van der Waals surface area (Å²) in [4.78, 5) is 21.0. The van der Waals surface area contributed by atoms with E-state index in [0.717, 1.165) is 10.6 Å². The maximum absolute atomic E-state index is 13.7. The van der Waals surface area contributed by atoms with Gasteiger partial charge in [-0.1, -0.05) is 32.9 Å². The fourth-order valence-corrected chi connectivity index (χ4v) is 4.82. The minimum absolute atomic E-state index is 0.00318. The van der Waals surface area contributed by atoms with Crippen molar-refractivity contribution in [2.75, 3.05) is 17.6 Å². The molecule has 1 unspecified atom stereocenters. The van der Waals surface area contributed by atoms with Crippen molar-refractivity contribution in [3.8, 4) is 11.3 Å². The van der Waals surface area contributed by atoms with Gasteiger partial charge in [-0.25, -0.2) is 27.1 Å². The molecule has 1 aliphatic heterocycles. The Balaban J connectivity index is 2.13. The van der Waals surface area contributed by atoms with Crippen LogP contribution < -0.4 is 4.31 Å². The van der Waals surface area contributed by atoms with Crippen LogP contribution in [-0.2, 0) is 24.3 Å². The second kappa shape index (κ2) is 11.5. The molecule has 0 amide bonds. The molecule has 0 radical (unpaired) electrons. The fraction of sp³-hybridized carbons (Fsp3) is 0.519. The number of anilines is 1. The van der Waals surface area contributed by atoms with Gasteiger partial charge in [0.25, 0.3) is 0 Å². The van der Waals surface area contributed by atoms with Gasteiger partial charge in [-0.2, -0.15) is 0 Å². The Kier molecular flexibility index (Phi) is 8.95. The van der Waals surface area contributed by atoms with Gasteiger partial charge in [0.15, 0.2) is 5.79 Å². The highest BCUT2D eigenvalue weighted by atomic mass is 32.2. The highest BCUT2D eigenvalue weighted by Gasteiger charge is 2.40. The average molecular weight is 550 g/mol. The second-order valence-electron chi connectivity index (χ2n) is 10.2. The number of aliphatic carboxylic acids is 1. The lowest BCUT2D eigenvalue weighted by molar-refractivity contribution is -0.298. The number of rotatable bonds is 9. The molecule has 1 fully saturated rings. The first kappa shape index (κ1) is 29.7. The number of carboxylic acid groups (broad SMARTS) is 1. The molecule has 1 aromatic carbocycles. The van der Waals surface area contributed by atoms with Crippen LogP contribution in [0.3, 0.4) is 0 Å². The summed E-state index contributed by atoms with van der Waals surface area (Å²) in [6.07, 6.45) is 4.45. The van der Waals surface area contributed by atoms with E-state index in [4.69, 9.17) is 9.47 Å². The summed E-state index contributed by atoms with van der Waals surface area (Å²) in [5.74, 6) is -3.12. The van der Waals surface area contributed by atoms with E-state index < -0.39 is 45.7 Å². The Morgan fingerprint density at radius 1 is 1.24 bits per heavy atom. The van der Waals surface area contributed by atoms with Crippen molar-refractivity contribution >= 4 is 28.0 Å². The van der Waals surface area contributed by atoms with Crippen LogP contribution >= 0.6 is 0 Å². The van der Waals surface area contributed by atoms with Crippen molar-refractivity contribution in [1.29, 1.82) is 0 Å². The van der Waals surface area contributed by atoms with Gasteiger partial charge in [0.2, 0.25) is 16.0 Å². The molecule has 0 aliphatic carbocycles. The molecule has 1 N–H and O–H groups in total. The lowest BCUT2D eigenvalue weighted by Crippen LogP contribution is -2.48. The number of ether oxygens (including phenoxy) is 2. The molecule has 2 aromatic rings. The molecule has 0 bridgehead atoms. The Morgan fingerprint density at radius 3 is 2.39 bits per heavy atom. The van der Waals surface area contributed by atoms with Crippen molar-refractivity contribution < 1.29 is 32.2 Å². The van der Waals surface area contributed by atoms with Crippen LogP contribution in [0.4, 0.5) is 10.3 Å². The molecule has 11 heteroatoms. The average Bonchev–Trinajstić information content (AvgIpc) is 2.81. The van der Waals surface area contributed by atoms with Gasteiger partial charge in [-0.3, -0.25) is 4.79 Å². The largest absolute Gasteiger partial charge is 0.481 e. The molecule has 38 heavy (non-hydrogen) atoms. The summed E-state index contributed by atoms with van der Waals surface area (Å²) in [6.45, 7) is 9.17. The lowest BCUT2D eigenvalue weighted by Gasteiger charge is -2.41. The number of aromatic nitrogens is 2. The first-order chi connectivity index (χ1) is 17.6. The van der Waals surface area contributed by atoms with Crippen LogP contribution in [0.2, 0.25) is 0 Å².